The normalized spacial score (nSPS) is 20.9. The maximum absolute atomic E-state index is 12.2. The lowest BCUT2D eigenvalue weighted by Crippen LogP contribution is -2.39. The second-order valence-electron chi connectivity index (χ2n) is 5.99. The molecule has 0 saturated carbocycles. The van der Waals surface area contributed by atoms with Gasteiger partial charge in [-0.25, -0.2) is 5.01 Å². The molecular formula is C17H21N3O3. The highest BCUT2D eigenvalue weighted by Gasteiger charge is 2.23. The predicted octanol–water partition coefficient (Wildman–Crippen LogP) is 1.35. The Bertz CT molecular complexity index is 642. The summed E-state index contributed by atoms with van der Waals surface area (Å²) in [7, 11) is 1.58. The topological polar surface area (TPSA) is 71.0 Å². The second kappa shape index (κ2) is 6.81. The summed E-state index contributed by atoms with van der Waals surface area (Å²) in [5, 5.41) is 8.24. The molecule has 0 spiro atoms. The molecule has 0 bridgehead atoms. The Balaban J connectivity index is 1.57. The zero-order valence-corrected chi connectivity index (χ0v) is 13.2. The third-order valence-electron chi connectivity index (χ3n) is 4.29. The number of carbonyl (C=O) groups is 2. The van der Waals surface area contributed by atoms with Gasteiger partial charge in [-0.05, 0) is 30.4 Å². The van der Waals surface area contributed by atoms with Crippen LogP contribution in [0.25, 0.3) is 0 Å². The smallest absolute Gasteiger partial charge is 0.267 e. The highest BCUT2D eigenvalue weighted by Crippen LogP contribution is 2.26. The van der Waals surface area contributed by atoms with E-state index < -0.39 is 0 Å². The number of carbonyl (C=O) groups excluding carboxylic acids is 2. The number of hydrazone groups is 1. The molecule has 6 nitrogen and oxygen atoms in total. The van der Waals surface area contributed by atoms with Gasteiger partial charge < -0.3 is 10.1 Å². The van der Waals surface area contributed by atoms with Crippen LogP contribution in [0.4, 0.5) is 0 Å². The first-order valence-corrected chi connectivity index (χ1v) is 7.96. The molecule has 2 aliphatic heterocycles. The van der Waals surface area contributed by atoms with Gasteiger partial charge in [0.15, 0.2) is 0 Å². The fraction of sp³-hybridized carbons (Fsp3) is 0.471. The molecule has 1 atom stereocenters. The molecule has 0 unspecified atom stereocenters. The maximum atomic E-state index is 12.2. The summed E-state index contributed by atoms with van der Waals surface area (Å²) in [5.74, 6) is 1.05. The van der Waals surface area contributed by atoms with Crippen LogP contribution in [-0.4, -0.2) is 42.7 Å². The standard InChI is InChI=1S/C17H21N3O3/c1-20-16(21)7-6-14(19-20)17(22)18-11-12-8-9-23-15-5-3-2-4-13(15)10-12/h2-5,12H,6-11H2,1H3,(H,18,22)/t12-/m1/s1. The van der Waals surface area contributed by atoms with E-state index in [1.807, 2.05) is 18.2 Å². The van der Waals surface area contributed by atoms with Crippen molar-refractivity contribution in [2.45, 2.75) is 25.7 Å². The van der Waals surface area contributed by atoms with Gasteiger partial charge in [-0.1, -0.05) is 18.2 Å². The van der Waals surface area contributed by atoms with Gasteiger partial charge in [-0.2, -0.15) is 5.10 Å². The number of hydrogen-bond acceptors (Lipinski definition) is 4. The van der Waals surface area contributed by atoms with E-state index >= 15 is 0 Å². The zero-order valence-electron chi connectivity index (χ0n) is 13.2. The van der Waals surface area contributed by atoms with Crippen molar-refractivity contribution in [1.29, 1.82) is 0 Å². The summed E-state index contributed by atoms with van der Waals surface area (Å²) in [6.07, 6.45) is 2.54. The van der Waals surface area contributed by atoms with Crippen LogP contribution in [0, 0.1) is 5.92 Å². The minimum absolute atomic E-state index is 0.0564. The summed E-state index contributed by atoms with van der Waals surface area (Å²) in [5.41, 5.74) is 1.61. The molecule has 1 aromatic rings. The van der Waals surface area contributed by atoms with Crippen LogP contribution < -0.4 is 10.1 Å². The summed E-state index contributed by atoms with van der Waals surface area (Å²) < 4.78 is 5.75. The molecule has 2 aliphatic rings. The first kappa shape index (κ1) is 15.5. The van der Waals surface area contributed by atoms with E-state index in [1.54, 1.807) is 7.05 Å². The summed E-state index contributed by atoms with van der Waals surface area (Å²) in [6.45, 7) is 1.25. The Morgan fingerprint density at radius 2 is 2.22 bits per heavy atom. The monoisotopic (exact) mass is 315 g/mol. The van der Waals surface area contributed by atoms with Gasteiger partial charge >= 0.3 is 0 Å². The van der Waals surface area contributed by atoms with Crippen LogP contribution in [0.3, 0.4) is 0 Å². The van der Waals surface area contributed by atoms with Gasteiger partial charge in [0.1, 0.15) is 11.5 Å². The Morgan fingerprint density at radius 3 is 3.04 bits per heavy atom. The van der Waals surface area contributed by atoms with Gasteiger partial charge in [-0.15, -0.1) is 0 Å². The molecule has 6 heteroatoms. The van der Waals surface area contributed by atoms with Gasteiger partial charge in [0.2, 0.25) is 5.91 Å². The van der Waals surface area contributed by atoms with Crippen LogP contribution in [-0.2, 0) is 16.0 Å². The van der Waals surface area contributed by atoms with Gasteiger partial charge in [0.25, 0.3) is 5.91 Å². The van der Waals surface area contributed by atoms with Crippen LogP contribution in [0.1, 0.15) is 24.8 Å². The van der Waals surface area contributed by atoms with Crippen molar-refractivity contribution in [3.05, 3.63) is 29.8 Å². The summed E-state index contributed by atoms with van der Waals surface area (Å²) >= 11 is 0. The molecular weight excluding hydrogens is 294 g/mol. The molecule has 1 aromatic carbocycles. The average Bonchev–Trinajstić information content (AvgIpc) is 2.77. The molecule has 0 aromatic heterocycles. The van der Waals surface area contributed by atoms with Crippen molar-refractivity contribution in [1.82, 2.24) is 10.3 Å². The third-order valence-corrected chi connectivity index (χ3v) is 4.29. The number of fused-ring (bicyclic) bond motifs is 1. The highest BCUT2D eigenvalue weighted by atomic mass is 16.5. The van der Waals surface area contributed by atoms with E-state index in [0.717, 1.165) is 18.6 Å². The fourth-order valence-electron chi connectivity index (χ4n) is 2.91. The first-order valence-electron chi connectivity index (χ1n) is 7.96. The van der Waals surface area contributed by atoms with E-state index in [1.165, 1.54) is 10.6 Å². The summed E-state index contributed by atoms with van der Waals surface area (Å²) in [4.78, 5) is 23.6. The fourth-order valence-corrected chi connectivity index (χ4v) is 2.91. The largest absolute Gasteiger partial charge is 0.493 e. The Kier molecular flexibility index (Phi) is 4.60. The van der Waals surface area contributed by atoms with E-state index in [4.69, 9.17) is 4.74 Å². The number of ether oxygens (including phenoxy) is 1. The molecule has 23 heavy (non-hydrogen) atoms. The Hall–Kier alpha value is -2.37. The molecule has 122 valence electrons. The molecule has 0 radical (unpaired) electrons. The quantitative estimate of drug-likeness (QED) is 0.915. The van der Waals surface area contributed by atoms with Crippen molar-refractivity contribution in [2.24, 2.45) is 11.0 Å². The number of nitrogens with one attached hydrogen (secondary N) is 1. The second-order valence-corrected chi connectivity index (χ2v) is 5.99. The average molecular weight is 315 g/mol. The highest BCUT2D eigenvalue weighted by molar-refractivity contribution is 6.39. The summed E-state index contributed by atoms with van der Waals surface area (Å²) in [6, 6.07) is 8.04. The number of nitrogens with zero attached hydrogens (tertiary/aromatic N) is 2. The van der Waals surface area contributed by atoms with Gasteiger partial charge in [-0.3, -0.25) is 9.59 Å². The molecule has 0 aliphatic carbocycles. The van der Waals surface area contributed by atoms with Gasteiger partial charge in [0.05, 0.1) is 6.61 Å². The van der Waals surface area contributed by atoms with E-state index in [-0.39, 0.29) is 11.8 Å². The third kappa shape index (κ3) is 3.70. The predicted molar refractivity (Wildman–Crippen MR) is 86.2 cm³/mol. The van der Waals surface area contributed by atoms with Crippen LogP contribution in [0.5, 0.6) is 5.75 Å². The number of amides is 2. The zero-order chi connectivity index (χ0) is 16.2. The Morgan fingerprint density at radius 1 is 1.39 bits per heavy atom. The van der Waals surface area contributed by atoms with Crippen LogP contribution >= 0.6 is 0 Å². The van der Waals surface area contributed by atoms with E-state index in [9.17, 15) is 9.59 Å². The van der Waals surface area contributed by atoms with Crippen molar-refractivity contribution in [3.63, 3.8) is 0 Å². The molecule has 0 saturated heterocycles. The number of hydrogen-bond donors (Lipinski definition) is 1. The lowest BCUT2D eigenvalue weighted by Gasteiger charge is -2.20. The number of para-hydroxylation sites is 1. The lowest BCUT2D eigenvalue weighted by molar-refractivity contribution is -0.130. The van der Waals surface area contributed by atoms with E-state index in [2.05, 4.69) is 16.5 Å². The van der Waals surface area contributed by atoms with E-state index in [0.29, 0.717) is 37.6 Å². The van der Waals surface area contributed by atoms with Gasteiger partial charge in [0, 0.05) is 26.4 Å². The van der Waals surface area contributed by atoms with Crippen molar-refractivity contribution in [2.75, 3.05) is 20.2 Å². The maximum Gasteiger partial charge on any atom is 0.267 e. The number of rotatable bonds is 3. The Labute approximate surface area is 135 Å². The van der Waals surface area contributed by atoms with Crippen molar-refractivity contribution in [3.8, 4) is 5.75 Å². The molecule has 2 heterocycles. The molecule has 1 N–H and O–H groups in total. The van der Waals surface area contributed by atoms with Crippen LogP contribution in [0.2, 0.25) is 0 Å². The van der Waals surface area contributed by atoms with Crippen molar-refractivity contribution >= 4 is 17.5 Å². The molecule has 2 amide bonds. The van der Waals surface area contributed by atoms with Crippen LogP contribution in [0.15, 0.2) is 29.4 Å². The minimum Gasteiger partial charge on any atom is -0.493 e. The van der Waals surface area contributed by atoms with Crippen molar-refractivity contribution < 1.29 is 14.3 Å². The lowest BCUT2D eigenvalue weighted by atomic mass is 9.97. The molecule has 0 fully saturated rings. The first-order chi connectivity index (χ1) is 11.1. The minimum atomic E-state index is -0.178. The number of benzene rings is 1. The SMILES string of the molecule is CN1N=C(C(=O)NC[C@@H]2CCOc3ccccc3C2)CCC1=O. The molecule has 3 rings (SSSR count).